The molecule has 0 saturated carbocycles. The molecule has 0 aliphatic carbocycles. The number of nitrogens with zero attached hydrogens (tertiary/aromatic N) is 2. The maximum atomic E-state index is 4.94. The molecule has 2 N–H and O–H groups in total. The number of hydrogen-bond acceptors (Lipinski definition) is 4. The summed E-state index contributed by atoms with van der Waals surface area (Å²) >= 11 is 0. The largest absolute Gasteiger partial charge is 1.00 e. The Balaban J connectivity index is 0.000000195. The van der Waals surface area contributed by atoms with Crippen LogP contribution in [0.3, 0.4) is 0 Å². The van der Waals surface area contributed by atoms with Crippen LogP contribution in [-0.4, -0.2) is 65.3 Å². The van der Waals surface area contributed by atoms with Gasteiger partial charge in [0.15, 0.2) is 0 Å². The fourth-order valence-corrected chi connectivity index (χ4v) is 8.83. The van der Waals surface area contributed by atoms with E-state index in [1.165, 1.54) is 84.7 Å². The van der Waals surface area contributed by atoms with Crippen molar-refractivity contribution in [1.29, 1.82) is 0 Å². The number of ether oxygens (including phenoxy) is 4. The van der Waals surface area contributed by atoms with Crippen LogP contribution in [0.2, 0.25) is 0 Å². The van der Waals surface area contributed by atoms with Gasteiger partial charge in [0.2, 0.25) is 11.1 Å². The molecule has 6 heterocycles. The summed E-state index contributed by atoms with van der Waals surface area (Å²) in [4.78, 5) is 16.2. The van der Waals surface area contributed by atoms with Crippen molar-refractivity contribution < 1.29 is 66.7 Å². The number of benzene rings is 6. The molecule has 6 aromatic carbocycles. The van der Waals surface area contributed by atoms with E-state index in [2.05, 4.69) is 166 Å². The molecule has 4 aliphatic heterocycles. The van der Waals surface area contributed by atoms with Gasteiger partial charge >= 0.3 is 37.7 Å². The Morgan fingerprint density at radius 3 is 0.635 bits per heavy atom. The molecule has 0 atom stereocenters. The summed E-state index contributed by atoms with van der Waals surface area (Å²) in [7, 11) is 0. The van der Waals surface area contributed by atoms with Gasteiger partial charge in [-0.05, 0) is 51.4 Å². The number of aromatic nitrogens is 2. The van der Waals surface area contributed by atoms with Crippen LogP contribution in [0.4, 0.5) is 0 Å². The van der Waals surface area contributed by atoms with Crippen molar-refractivity contribution in [3.8, 4) is 0 Å². The Morgan fingerprint density at radius 1 is 0.284 bits per heavy atom. The maximum Gasteiger partial charge on any atom is 1.00 e. The molecule has 8 nitrogen and oxygen atoms in total. The van der Waals surface area contributed by atoms with Gasteiger partial charge in [0, 0.05) is 86.2 Å². The van der Waals surface area contributed by atoms with Gasteiger partial charge < -0.3 is 28.9 Å². The second-order valence-corrected chi connectivity index (χ2v) is 17.7. The third kappa shape index (κ3) is 18.3. The zero-order chi connectivity index (χ0) is 49.5. The molecule has 0 unspecified atom stereocenters. The quantitative estimate of drug-likeness (QED) is 0.124. The molecular formula is C64H72Li2N4O4+2. The fraction of sp³-hybridized carbons (Fsp3) is 0.281. The molecule has 10 heteroatoms. The third-order valence-electron chi connectivity index (χ3n) is 12.6. The van der Waals surface area contributed by atoms with Crippen LogP contribution in [0.15, 0.2) is 219 Å². The molecule has 12 rings (SSSR count). The second-order valence-electron chi connectivity index (χ2n) is 17.7. The Hall–Kier alpha value is -5.75. The van der Waals surface area contributed by atoms with Gasteiger partial charge in [-0.1, -0.05) is 218 Å². The third-order valence-corrected chi connectivity index (χ3v) is 12.6. The topological polar surface area (TPSA) is 93.1 Å². The van der Waals surface area contributed by atoms with Crippen LogP contribution in [0.5, 0.6) is 0 Å². The average Bonchev–Trinajstić information content (AvgIpc) is 4.32. The van der Waals surface area contributed by atoms with E-state index in [4.69, 9.17) is 18.9 Å². The van der Waals surface area contributed by atoms with Gasteiger partial charge in [0.25, 0.3) is 0 Å². The van der Waals surface area contributed by atoms with E-state index >= 15 is 0 Å². The van der Waals surface area contributed by atoms with E-state index in [-0.39, 0.29) is 37.7 Å². The minimum atomic E-state index is -0.497. The number of nitrogens with one attached hydrogen (secondary N) is 2. The van der Waals surface area contributed by atoms with Gasteiger partial charge in [-0.25, -0.2) is 9.98 Å². The maximum absolute atomic E-state index is 4.94. The summed E-state index contributed by atoms with van der Waals surface area (Å²) in [6.45, 7) is 8.00. The summed E-state index contributed by atoms with van der Waals surface area (Å²) in [6, 6.07) is 71.2. The van der Waals surface area contributed by atoms with E-state index in [0.717, 1.165) is 64.2 Å². The number of hydrogen-bond donors (Lipinski definition) is 2. The van der Waals surface area contributed by atoms with Crippen molar-refractivity contribution in [2.24, 2.45) is 0 Å². The Kier molecular flexibility index (Phi) is 27.7. The monoisotopic (exact) mass is 975 g/mol. The molecule has 4 saturated heterocycles. The SMILES string of the molecule is C(=[NH+]C(c1ccccc1)(c1ccccc1)c1ccccc1)c1ccc[n-]1.C(=[NH+]C(c1ccccc1)(c1ccccc1)c1ccccc1)c1ccc[n-]1.C1CCOC1.C1CCOC1.C1CCOC1.C1CCOC1.[Li+].[Li+]. The fourth-order valence-electron chi connectivity index (χ4n) is 8.83. The summed E-state index contributed by atoms with van der Waals surface area (Å²) < 4.78 is 19.8. The molecule has 372 valence electrons. The van der Waals surface area contributed by atoms with Crippen molar-refractivity contribution in [3.05, 3.63) is 263 Å². The molecule has 4 fully saturated rings. The van der Waals surface area contributed by atoms with Crippen LogP contribution in [0, 0.1) is 0 Å². The van der Waals surface area contributed by atoms with Crippen molar-refractivity contribution in [2.45, 2.75) is 62.4 Å². The first-order valence-electron chi connectivity index (χ1n) is 25.8. The van der Waals surface area contributed by atoms with E-state index in [1.807, 2.05) is 85.5 Å². The Labute approximate surface area is 464 Å². The predicted octanol–water partition coefficient (Wildman–Crippen LogP) is 3.47. The molecule has 0 amide bonds. The smallest absolute Gasteiger partial charge is 0.659 e. The van der Waals surface area contributed by atoms with Crippen LogP contribution in [0.1, 0.15) is 96.1 Å². The summed E-state index contributed by atoms with van der Waals surface area (Å²) in [5.41, 5.74) is 7.92. The van der Waals surface area contributed by atoms with Crippen LogP contribution in [0.25, 0.3) is 0 Å². The molecule has 2 aromatic heterocycles. The van der Waals surface area contributed by atoms with Gasteiger partial charge in [0.05, 0.1) is 0 Å². The van der Waals surface area contributed by atoms with E-state index in [1.54, 1.807) is 0 Å². The summed E-state index contributed by atoms with van der Waals surface area (Å²) in [5, 5.41) is 0. The Bertz CT molecular complexity index is 2190. The molecule has 0 bridgehead atoms. The van der Waals surface area contributed by atoms with Crippen LogP contribution >= 0.6 is 0 Å². The zero-order valence-electron chi connectivity index (χ0n) is 43.8. The zero-order valence-corrected chi connectivity index (χ0v) is 43.8. The van der Waals surface area contributed by atoms with Crippen molar-refractivity contribution >= 4 is 12.4 Å². The first-order chi connectivity index (χ1) is 35.8. The van der Waals surface area contributed by atoms with Gasteiger partial charge in [-0.3, -0.25) is 0 Å². The molecule has 4 aliphatic rings. The first-order valence-corrected chi connectivity index (χ1v) is 25.8. The van der Waals surface area contributed by atoms with E-state index in [0.29, 0.717) is 0 Å². The van der Waals surface area contributed by atoms with E-state index in [9.17, 15) is 0 Å². The standard InChI is InChI=1S/2C24H19N2.4C4H8O.2Li/c2*1-4-11-20(12-5-1)24(21-13-6-2-7-14-21,22-15-8-3-9-16-22)26-19-23-17-10-18-25-23;4*1-2-4-5-3-1;;/h2*1-19H;4*1-4H2;;/q2*-1;;;;;2*+1/p+2. The molecule has 0 radical (unpaired) electrons. The summed E-state index contributed by atoms with van der Waals surface area (Å²) in [6.07, 6.45) is 17.8. The minimum absolute atomic E-state index is 0. The van der Waals surface area contributed by atoms with Crippen LogP contribution in [-0.2, 0) is 30.0 Å². The predicted molar refractivity (Wildman–Crippen MR) is 290 cm³/mol. The normalized spacial score (nSPS) is 14.7. The molecular weight excluding hydrogens is 903 g/mol. The van der Waals surface area contributed by atoms with E-state index < -0.39 is 11.1 Å². The average molecular weight is 975 g/mol. The first kappa shape index (κ1) is 59.1. The van der Waals surface area contributed by atoms with Crippen LogP contribution < -0.4 is 57.7 Å². The van der Waals surface area contributed by atoms with Crippen molar-refractivity contribution in [3.63, 3.8) is 0 Å². The summed E-state index contributed by atoms with van der Waals surface area (Å²) in [5.74, 6) is 0. The van der Waals surface area contributed by atoms with Gasteiger partial charge in [-0.2, -0.15) is 12.4 Å². The van der Waals surface area contributed by atoms with Crippen molar-refractivity contribution in [1.82, 2.24) is 9.97 Å². The molecule has 0 spiro atoms. The van der Waals surface area contributed by atoms with Gasteiger partial charge in [-0.15, -0.1) is 0 Å². The molecule has 8 aromatic rings. The Morgan fingerprint density at radius 2 is 0.486 bits per heavy atom. The molecule has 74 heavy (non-hydrogen) atoms. The van der Waals surface area contributed by atoms with Crippen molar-refractivity contribution in [2.75, 3.05) is 52.9 Å². The second kappa shape index (κ2) is 34.7. The number of rotatable bonds is 10. The van der Waals surface area contributed by atoms with Gasteiger partial charge in [0.1, 0.15) is 12.4 Å². The minimum Gasteiger partial charge on any atom is -0.659 e.